The minimum absolute atomic E-state index is 0.0252. The molecule has 6 nitrogen and oxygen atoms in total. The normalized spacial score (nSPS) is 16.2. The fourth-order valence-corrected chi connectivity index (χ4v) is 3.03. The molecule has 6 heteroatoms. The quantitative estimate of drug-likeness (QED) is 0.782. The Morgan fingerprint density at radius 2 is 2.08 bits per heavy atom. The highest BCUT2D eigenvalue weighted by Gasteiger charge is 2.28. The van der Waals surface area contributed by atoms with Crippen LogP contribution in [-0.4, -0.2) is 22.1 Å². The van der Waals surface area contributed by atoms with Gasteiger partial charge in [0.1, 0.15) is 12.4 Å². The molecule has 1 aliphatic heterocycles. The van der Waals surface area contributed by atoms with Crippen molar-refractivity contribution in [2.45, 2.75) is 45.8 Å². The maximum Gasteiger partial charge on any atom is 0.361 e. The van der Waals surface area contributed by atoms with Crippen LogP contribution in [0.4, 0.5) is 0 Å². The van der Waals surface area contributed by atoms with E-state index < -0.39 is 5.97 Å². The summed E-state index contributed by atoms with van der Waals surface area (Å²) >= 11 is 0. The van der Waals surface area contributed by atoms with Crippen molar-refractivity contribution >= 4 is 5.97 Å². The number of ether oxygens (including phenoxy) is 2. The van der Waals surface area contributed by atoms with Gasteiger partial charge in [-0.2, -0.15) is 0 Å². The number of hydrogen-bond acceptors (Lipinski definition) is 5. The second kappa shape index (κ2) is 7.51. The largest absolute Gasteiger partial charge is 0.481 e. The van der Waals surface area contributed by atoms with Gasteiger partial charge in [-0.1, -0.05) is 37.3 Å². The van der Waals surface area contributed by atoms with Crippen molar-refractivity contribution in [3.63, 3.8) is 0 Å². The Morgan fingerprint density at radius 1 is 1.32 bits per heavy atom. The average Bonchev–Trinajstić information content (AvgIpc) is 2.62. The monoisotopic (exact) mass is 342 g/mol. The molecule has 1 aliphatic rings. The van der Waals surface area contributed by atoms with E-state index in [1.165, 1.54) is 0 Å². The van der Waals surface area contributed by atoms with Crippen LogP contribution < -0.4 is 10.3 Å². The van der Waals surface area contributed by atoms with E-state index in [4.69, 9.17) is 9.47 Å². The van der Waals surface area contributed by atoms with Crippen molar-refractivity contribution in [1.82, 2.24) is 9.55 Å². The van der Waals surface area contributed by atoms with Gasteiger partial charge in [0, 0.05) is 12.5 Å². The van der Waals surface area contributed by atoms with Crippen LogP contribution in [0.15, 0.2) is 35.1 Å². The van der Waals surface area contributed by atoms with E-state index in [1.54, 1.807) is 11.5 Å². The number of benzene rings is 1. The summed E-state index contributed by atoms with van der Waals surface area (Å²) in [6, 6.07) is 9.49. The average molecular weight is 342 g/mol. The molecule has 3 rings (SSSR count). The summed E-state index contributed by atoms with van der Waals surface area (Å²) < 4.78 is 12.4. The molecule has 25 heavy (non-hydrogen) atoms. The molecule has 1 aromatic heterocycles. The highest BCUT2D eigenvalue weighted by atomic mass is 16.5. The first-order chi connectivity index (χ1) is 12.1. The summed E-state index contributed by atoms with van der Waals surface area (Å²) in [4.78, 5) is 29.7. The van der Waals surface area contributed by atoms with Gasteiger partial charge >= 0.3 is 5.97 Å². The van der Waals surface area contributed by atoms with Crippen molar-refractivity contribution in [3.05, 3.63) is 57.8 Å². The van der Waals surface area contributed by atoms with Gasteiger partial charge in [0.05, 0.1) is 6.61 Å². The van der Waals surface area contributed by atoms with Crippen LogP contribution in [0.5, 0.6) is 5.75 Å². The number of rotatable bonds is 5. The van der Waals surface area contributed by atoms with E-state index in [0.29, 0.717) is 12.4 Å². The van der Waals surface area contributed by atoms with Crippen molar-refractivity contribution in [2.24, 2.45) is 0 Å². The molecule has 0 bridgehead atoms. The third-order valence-corrected chi connectivity index (χ3v) is 4.31. The highest BCUT2D eigenvalue weighted by molar-refractivity contribution is 5.90. The Balaban J connectivity index is 2.02. The number of aromatic nitrogens is 2. The van der Waals surface area contributed by atoms with Crippen LogP contribution in [-0.2, 0) is 17.9 Å². The molecule has 132 valence electrons. The fourth-order valence-electron chi connectivity index (χ4n) is 3.03. The Hall–Kier alpha value is -2.63. The Bertz CT molecular complexity index is 814. The lowest BCUT2D eigenvalue weighted by Gasteiger charge is -2.24. The first-order valence-electron chi connectivity index (χ1n) is 8.60. The Labute approximate surface area is 146 Å². The minimum atomic E-state index is -0.621. The third kappa shape index (κ3) is 3.57. The molecule has 2 heterocycles. The lowest BCUT2D eigenvalue weighted by molar-refractivity contribution is 0.0511. The zero-order chi connectivity index (χ0) is 17.8. The van der Waals surface area contributed by atoms with Crippen LogP contribution in [0.2, 0.25) is 0 Å². The van der Waals surface area contributed by atoms with E-state index in [0.717, 1.165) is 18.4 Å². The Morgan fingerprint density at radius 3 is 2.80 bits per heavy atom. The van der Waals surface area contributed by atoms with Crippen LogP contribution in [0.25, 0.3) is 0 Å². The second-order valence-electron chi connectivity index (χ2n) is 6.14. The van der Waals surface area contributed by atoms with Gasteiger partial charge in [-0.3, -0.25) is 9.36 Å². The summed E-state index contributed by atoms with van der Waals surface area (Å²) in [6.45, 7) is 4.73. The van der Waals surface area contributed by atoms with Crippen LogP contribution in [0.1, 0.15) is 54.5 Å². The number of nitrogens with zero attached hydrogens (tertiary/aromatic N) is 2. The van der Waals surface area contributed by atoms with Crippen LogP contribution >= 0.6 is 0 Å². The SMILES string of the molecule is CCOC(=O)c1nc2n(c(=O)c1OCc1ccccc1)CCCC2C. The molecule has 1 atom stereocenters. The molecule has 0 aliphatic carbocycles. The molecule has 0 spiro atoms. The van der Waals surface area contributed by atoms with E-state index in [2.05, 4.69) is 4.98 Å². The van der Waals surface area contributed by atoms with Gasteiger partial charge in [0.25, 0.3) is 5.56 Å². The molecule has 2 aromatic rings. The third-order valence-electron chi connectivity index (χ3n) is 4.31. The predicted molar refractivity (Wildman–Crippen MR) is 92.9 cm³/mol. The topological polar surface area (TPSA) is 70.4 Å². The number of esters is 1. The zero-order valence-electron chi connectivity index (χ0n) is 14.5. The lowest BCUT2D eigenvalue weighted by Crippen LogP contribution is -2.33. The van der Waals surface area contributed by atoms with Gasteiger partial charge in [-0.25, -0.2) is 9.78 Å². The molecule has 0 fully saturated rings. The van der Waals surface area contributed by atoms with Crippen molar-refractivity contribution in [3.8, 4) is 5.75 Å². The maximum atomic E-state index is 12.9. The summed E-state index contributed by atoms with van der Waals surface area (Å²) in [7, 11) is 0. The highest BCUT2D eigenvalue weighted by Crippen LogP contribution is 2.26. The number of carbonyl (C=O) groups is 1. The molecule has 0 amide bonds. The van der Waals surface area contributed by atoms with Crippen molar-refractivity contribution in [2.75, 3.05) is 6.61 Å². The number of carbonyl (C=O) groups excluding carboxylic acids is 1. The van der Waals surface area contributed by atoms with E-state index in [9.17, 15) is 9.59 Å². The summed E-state index contributed by atoms with van der Waals surface area (Å²) in [5, 5.41) is 0. The summed E-state index contributed by atoms with van der Waals surface area (Å²) in [6.07, 6.45) is 1.85. The van der Waals surface area contributed by atoms with E-state index in [-0.39, 0.29) is 36.1 Å². The first kappa shape index (κ1) is 17.2. The molecular formula is C19H22N2O4. The van der Waals surface area contributed by atoms with E-state index in [1.807, 2.05) is 37.3 Å². The molecule has 0 N–H and O–H groups in total. The minimum Gasteiger partial charge on any atom is -0.481 e. The molecule has 1 unspecified atom stereocenters. The lowest BCUT2D eigenvalue weighted by atomic mass is 10.0. The molecule has 0 saturated heterocycles. The zero-order valence-corrected chi connectivity index (χ0v) is 14.5. The summed E-state index contributed by atoms with van der Waals surface area (Å²) in [5.41, 5.74) is 0.575. The van der Waals surface area contributed by atoms with Crippen molar-refractivity contribution < 1.29 is 14.3 Å². The standard InChI is InChI=1S/C19H22N2O4/c1-3-24-19(23)15-16(25-12-14-9-5-4-6-10-14)18(22)21-11-7-8-13(2)17(21)20-15/h4-6,9-10,13H,3,7-8,11-12H2,1-2H3. The molecule has 0 radical (unpaired) electrons. The van der Waals surface area contributed by atoms with Crippen LogP contribution in [0, 0.1) is 0 Å². The second-order valence-corrected chi connectivity index (χ2v) is 6.14. The smallest absolute Gasteiger partial charge is 0.361 e. The number of hydrogen-bond donors (Lipinski definition) is 0. The maximum absolute atomic E-state index is 12.9. The molecule has 0 saturated carbocycles. The van der Waals surface area contributed by atoms with Gasteiger partial charge in [0.2, 0.25) is 5.75 Å². The predicted octanol–water partition coefficient (Wildman–Crippen LogP) is 2.90. The van der Waals surface area contributed by atoms with E-state index >= 15 is 0 Å². The van der Waals surface area contributed by atoms with Crippen LogP contribution in [0.3, 0.4) is 0 Å². The van der Waals surface area contributed by atoms with Gasteiger partial charge in [-0.05, 0) is 25.3 Å². The van der Waals surface area contributed by atoms with Gasteiger partial charge in [0.15, 0.2) is 5.69 Å². The molecule has 1 aromatic carbocycles. The number of fused-ring (bicyclic) bond motifs is 1. The van der Waals surface area contributed by atoms with Crippen molar-refractivity contribution in [1.29, 1.82) is 0 Å². The molecular weight excluding hydrogens is 320 g/mol. The van der Waals surface area contributed by atoms with Gasteiger partial charge < -0.3 is 9.47 Å². The fraction of sp³-hybridized carbons (Fsp3) is 0.421. The first-order valence-corrected chi connectivity index (χ1v) is 8.60. The Kier molecular flexibility index (Phi) is 5.16. The van der Waals surface area contributed by atoms with Gasteiger partial charge in [-0.15, -0.1) is 0 Å². The summed E-state index contributed by atoms with van der Waals surface area (Å²) in [5.74, 6) is 0.105.